The van der Waals surface area contributed by atoms with E-state index in [1.54, 1.807) is 6.33 Å². The van der Waals surface area contributed by atoms with Crippen molar-refractivity contribution in [3.05, 3.63) is 23.0 Å². The SMILES string of the molecule is CN1CCc2c(C#N)c(NC[C@H]3CCCO3)n3cnnc3c2C1. The van der Waals surface area contributed by atoms with Crippen LogP contribution >= 0.6 is 0 Å². The molecule has 120 valence electrons. The van der Waals surface area contributed by atoms with Crippen LogP contribution in [-0.4, -0.2) is 52.3 Å². The lowest BCUT2D eigenvalue weighted by Gasteiger charge is -2.27. The van der Waals surface area contributed by atoms with Crippen molar-refractivity contribution in [2.75, 3.05) is 32.1 Å². The summed E-state index contributed by atoms with van der Waals surface area (Å²) in [5.41, 5.74) is 3.80. The molecule has 0 saturated carbocycles. The van der Waals surface area contributed by atoms with Crippen molar-refractivity contribution >= 4 is 11.5 Å². The lowest BCUT2D eigenvalue weighted by molar-refractivity contribution is 0.120. The van der Waals surface area contributed by atoms with Crippen LogP contribution in [0.2, 0.25) is 0 Å². The number of aromatic nitrogens is 3. The Morgan fingerprint density at radius 1 is 1.48 bits per heavy atom. The molecule has 0 radical (unpaired) electrons. The van der Waals surface area contributed by atoms with Crippen LogP contribution in [0.1, 0.15) is 29.5 Å². The van der Waals surface area contributed by atoms with Crippen LogP contribution in [0.3, 0.4) is 0 Å². The number of nitrogens with one attached hydrogen (secondary N) is 1. The summed E-state index contributed by atoms with van der Waals surface area (Å²) in [6.45, 7) is 3.30. The fraction of sp³-hybridized carbons (Fsp3) is 0.562. The van der Waals surface area contributed by atoms with Gasteiger partial charge in [0, 0.05) is 31.8 Å². The number of nitriles is 1. The molecule has 2 aromatic rings. The second kappa shape index (κ2) is 5.80. The number of anilines is 1. The average molecular weight is 312 g/mol. The summed E-state index contributed by atoms with van der Waals surface area (Å²) in [6.07, 6.45) is 4.94. The zero-order valence-corrected chi connectivity index (χ0v) is 13.2. The largest absolute Gasteiger partial charge is 0.376 e. The number of ether oxygens (including phenoxy) is 1. The second-order valence-electron chi connectivity index (χ2n) is 6.32. The monoisotopic (exact) mass is 312 g/mol. The smallest absolute Gasteiger partial charge is 0.167 e. The molecular formula is C16H20N6O. The Morgan fingerprint density at radius 2 is 2.39 bits per heavy atom. The van der Waals surface area contributed by atoms with E-state index < -0.39 is 0 Å². The van der Waals surface area contributed by atoms with Crippen LogP contribution in [-0.2, 0) is 17.7 Å². The Hall–Kier alpha value is -2.17. The number of pyridine rings is 1. The van der Waals surface area contributed by atoms with Crippen molar-refractivity contribution in [2.24, 2.45) is 0 Å². The molecule has 4 heterocycles. The Morgan fingerprint density at radius 3 is 3.17 bits per heavy atom. The number of rotatable bonds is 3. The minimum Gasteiger partial charge on any atom is -0.376 e. The fourth-order valence-electron chi connectivity index (χ4n) is 3.56. The lowest BCUT2D eigenvalue weighted by atomic mass is 9.96. The van der Waals surface area contributed by atoms with Crippen molar-refractivity contribution < 1.29 is 4.74 Å². The zero-order chi connectivity index (χ0) is 15.8. The number of likely N-dealkylation sites (N-methyl/N-ethyl adjacent to an activating group) is 1. The van der Waals surface area contributed by atoms with E-state index in [9.17, 15) is 5.26 Å². The predicted molar refractivity (Wildman–Crippen MR) is 85.2 cm³/mol. The second-order valence-corrected chi connectivity index (χ2v) is 6.32. The highest BCUT2D eigenvalue weighted by molar-refractivity contribution is 5.68. The third-order valence-corrected chi connectivity index (χ3v) is 4.77. The maximum atomic E-state index is 9.74. The molecule has 0 aliphatic carbocycles. The van der Waals surface area contributed by atoms with E-state index in [2.05, 4.69) is 33.5 Å². The quantitative estimate of drug-likeness (QED) is 0.917. The molecule has 2 aliphatic heterocycles. The van der Waals surface area contributed by atoms with Gasteiger partial charge in [0.25, 0.3) is 0 Å². The van der Waals surface area contributed by atoms with Gasteiger partial charge in [0.1, 0.15) is 18.2 Å². The molecule has 23 heavy (non-hydrogen) atoms. The standard InChI is InChI=1S/C16H20N6O/c1-21-5-4-12-13(7-17)15(18-8-11-3-2-6-23-11)22-10-19-20-16(22)14(12)9-21/h10-11,18H,2-6,8-9H2,1H3/t11-/m1/s1. The van der Waals surface area contributed by atoms with Crippen molar-refractivity contribution in [1.82, 2.24) is 19.5 Å². The molecule has 0 amide bonds. The van der Waals surface area contributed by atoms with Gasteiger partial charge in [-0.05, 0) is 31.9 Å². The molecule has 1 fully saturated rings. The van der Waals surface area contributed by atoms with E-state index in [4.69, 9.17) is 4.74 Å². The summed E-state index contributed by atoms with van der Waals surface area (Å²) in [5.74, 6) is 0.798. The highest BCUT2D eigenvalue weighted by Gasteiger charge is 2.25. The Labute approximate surface area is 134 Å². The van der Waals surface area contributed by atoms with Crippen LogP contribution in [0.5, 0.6) is 0 Å². The highest BCUT2D eigenvalue weighted by Crippen LogP contribution is 2.30. The maximum absolute atomic E-state index is 9.74. The van der Waals surface area contributed by atoms with Gasteiger partial charge < -0.3 is 15.0 Å². The summed E-state index contributed by atoms with van der Waals surface area (Å²) >= 11 is 0. The van der Waals surface area contributed by atoms with Crippen molar-refractivity contribution in [1.29, 1.82) is 5.26 Å². The predicted octanol–water partition coefficient (Wildman–Crippen LogP) is 1.18. The van der Waals surface area contributed by atoms with Crippen molar-refractivity contribution in [3.63, 3.8) is 0 Å². The van der Waals surface area contributed by atoms with Crippen LogP contribution in [0.4, 0.5) is 5.82 Å². The molecule has 1 saturated heterocycles. The molecule has 2 aliphatic rings. The summed E-state index contributed by atoms with van der Waals surface area (Å²) in [4.78, 5) is 2.25. The molecule has 1 atom stereocenters. The minimum atomic E-state index is 0.218. The van der Waals surface area contributed by atoms with Gasteiger partial charge in [-0.25, -0.2) is 0 Å². The van der Waals surface area contributed by atoms with E-state index in [1.807, 2.05) is 4.40 Å². The molecular weight excluding hydrogens is 292 g/mol. The molecule has 0 unspecified atom stereocenters. The molecule has 0 bridgehead atoms. The third kappa shape index (κ3) is 2.44. The number of hydrogen-bond donors (Lipinski definition) is 1. The topological polar surface area (TPSA) is 78.5 Å². The zero-order valence-electron chi connectivity index (χ0n) is 13.2. The summed E-state index contributed by atoms with van der Waals surface area (Å²) < 4.78 is 7.58. The van der Waals surface area contributed by atoms with Gasteiger partial charge in [0.15, 0.2) is 5.65 Å². The normalized spacial score (nSPS) is 21.3. The van der Waals surface area contributed by atoms with E-state index >= 15 is 0 Å². The molecule has 0 aromatic carbocycles. The number of fused-ring (bicyclic) bond motifs is 3. The first kappa shape index (κ1) is 14.4. The average Bonchev–Trinajstić information content (AvgIpc) is 3.23. The minimum absolute atomic E-state index is 0.218. The third-order valence-electron chi connectivity index (χ3n) is 4.77. The number of nitrogens with zero attached hydrogens (tertiary/aromatic N) is 5. The molecule has 2 aromatic heterocycles. The molecule has 1 N–H and O–H groups in total. The highest BCUT2D eigenvalue weighted by atomic mass is 16.5. The van der Waals surface area contributed by atoms with Gasteiger partial charge in [-0.1, -0.05) is 0 Å². The summed E-state index contributed by atoms with van der Waals surface area (Å²) in [5, 5.41) is 21.5. The Balaban J connectivity index is 1.78. The van der Waals surface area contributed by atoms with Crippen LogP contribution in [0.25, 0.3) is 5.65 Å². The lowest BCUT2D eigenvalue weighted by Crippen LogP contribution is -2.29. The molecule has 7 nitrogen and oxygen atoms in total. The van der Waals surface area contributed by atoms with Crippen LogP contribution in [0.15, 0.2) is 6.33 Å². The summed E-state index contributed by atoms with van der Waals surface area (Å²) in [7, 11) is 2.09. The first-order chi connectivity index (χ1) is 11.3. The van der Waals surface area contributed by atoms with Crippen molar-refractivity contribution in [2.45, 2.75) is 31.9 Å². The van der Waals surface area contributed by atoms with E-state index in [0.29, 0.717) is 6.54 Å². The van der Waals surface area contributed by atoms with Crippen LogP contribution in [0, 0.1) is 11.3 Å². The fourth-order valence-corrected chi connectivity index (χ4v) is 3.56. The number of hydrogen-bond acceptors (Lipinski definition) is 6. The Kier molecular flexibility index (Phi) is 3.63. The van der Waals surface area contributed by atoms with Gasteiger partial charge >= 0.3 is 0 Å². The maximum Gasteiger partial charge on any atom is 0.167 e. The first-order valence-electron chi connectivity index (χ1n) is 8.09. The van der Waals surface area contributed by atoms with Gasteiger partial charge in [-0.2, -0.15) is 5.26 Å². The molecule has 0 spiro atoms. The van der Waals surface area contributed by atoms with Crippen molar-refractivity contribution in [3.8, 4) is 6.07 Å². The van der Waals surface area contributed by atoms with E-state index in [-0.39, 0.29) is 6.10 Å². The van der Waals surface area contributed by atoms with Crippen LogP contribution < -0.4 is 5.32 Å². The van der Waals surface area contributed by atoms with Gasteiger partial charge in [0.05, 0.1) is 11.7 Å². The first-order valence-corrected chi connectivity index (χ1v) is 8.09. The molecule has 7 heteroatoms. The molecule has 4 rings (SSSR count). The van der Waals surface area contributed by atoms with E-state index in [1.165, 1.54) is 0 Å². The van der Waals surface area contributed by atoms with Gasteiger partial charge in [-0.15, -0.1) is 10.2 Å². The van der Waals surface area contributed by atoms with Gasteiger partial charge in [-0.3, -0.25) is 4.40 Å². The van der Waals surface area contributed by atoms with E-state index in [0.717, 1.165) is 67.1 Å². The summed E-state index contributed by atoms with van der Waals surface area (Å²) in [6, 6.07) is 2.40. The van der Waals surface area contributed by atoms with Gasteiger partial charge in [0.2, 0.25) is 0 Å². The Bertz CT molecular complexity index is 771.